The van der Waals surface area contributed by atoms with E-state index >= 15 is 0 Å². The van der Waals surface area contributed by atoms with Gasteiger partial charge in [-0.05, 0) is 87.1 Å². The Balaban J connectivity index is 0.000000148. The van der Waals surface area contributed by atoms with Crippen LogP contribution in [0.5, 0.6) is 0 Å². The van der Waals surface area contributed by atoms with Gasteiger partial charge in [0, 0.05) is 0 Å². The van der Waals surface area contributed by atoms with Gasteiger partial charge in [0.1, 0.15) is 0 Å². The first-order valence-corrected chi connectivity index (χ1v) is 22.3. The molecule has 0 radical (unpaired) electrons. The predicted molar refractivity (Wildman–Crippen MR) is 218 cm³/mol. The van der Waals surface area contributed by atoms with Gasteiger partial charge in [-0.1, -0.05) is 121 Å². The molecule has 4 N–H and O–H groups in total. The summed E-state index contributed by atoms with van der Waals surface area (Å²) in [7, 11) is 9.67. The molecule has 8 nitrogen and oxygen atoms in total. The molecule has 0 amide bonds. The van der Waals surface area contributed by atoms with E-state index in [-0.39, 0.29) is 15.1 Å². The van der Waals surface area contributed by atoms with E-state index in [9.17, 15) is 0 Å². The standard InChI is InChI=1S/4C9H7N2S.2ClH.Rh/c4*10-9-11-8(6-12-9)7-4-2-1-3-5-7;;;/h4*1-6H,(H-,10,11);2*1H;/q4*-1;;;+2/p-2. The topological polar surface area (TPSA) is 147 Å². The van der Waals surface area contributed by atoms with E-state index in [1.165, 1.54) is 45.3 Å². The van der Waals surface area contributed by atoms with Gasteiger partial charge in [0.15, 0.2) is 0 Å². The van der Waals surface area contributed by atoms with E-state index in [1.807, 2.05) is 143 Å². The number of benzene rings is 4. The predicted octanol–water partition coefficient (Wildman–Crippen LogP) is 15.4. The fraction of sp³-hybridized carbons (Fsp3) is 0. The zero-order chi connectivity index (χ0) is 36.3. The largest absolute Gasteiger partial charge is 0.473 e. The first kappa shape index (κ1) is 39.6. The molecule has 0 atom stereocenters. The summed E-state index contributed by atoms with van der Waals surface area (Å²) >= 11 is 5.19. The smallest absolute Gasteiger partial charge is 0.00566 e. The molecule has 15 heteroatoms. The van der Waals surface area contributed by atoms with Crippen LogP contribution in [0.25, 0.3) is 68.0 Å². The van der Waals surface area contributed by atoms with Crippen LogP contribution >= 0.6 is 64.7 Å². The maximum absolute atomic E-state index is 7.27. The molecule has 4 heterocycles. The van der Waals surface area contributed by atoms with Crippen LogP contribution in [0.15, 0.2) is 143 Å². The van der Waals surface area contributed by atoms with Crippen LogP contribution in [0.2, 0.25) is 0 Å². The van der Waals surface area contributed by atoms with Gasteiger partial charge in [0.05, 0.1) is 0 Å². The van der Waals surface area contributed by atoms with Crippen LogP contribution in [-0.4, -0.2) is 19.9 Å². The van der Waals surface area contributed by atoms with Crippen molar-refractivity contribution in [3.63, 3.8) is 0 Å². The second-order valence-electron chi connectivity index (χ2n) is 9.66. The average Bonchev–Trinajstić information content (AvgIpc) is 4.00. The van der Waals surface area contributed by atoms with Crippen molar-refractivity contribution in [1.29, 1.82) is 0 Å². The summed E-state index contributed by atoms with van der Waals surface area (Å²) in [6, 6.07) is 39.6. The Hall–Kier alpha value is -4.20. The zero-order valence-corrected chi connectivity index (χ0v) is 32.8. The van der Waals surface area contributed by atoms with Gasteiger partial charge in [-0.3, -0.25) is 0 Å². The molecule has 4 aromatic carbocycles. The molecule has 0 unspecified atom stereocenters. The maximum Gasteiger partial charge on any atom is -0.00566 e. The SMILES string of the molecule is [Cl][Rh][Cl].[NH-]c1nc(-c2ccccc2)cs1.[NH-]c1nc(-c2ccccc2)cs1.[NH-]c1nc(-c2ccccc2)cs1.[NH-]c1nc(-c2ccccc2)cs1. The minimum Gasteiger partial charge on any atom is -0.473 e. The monoisotopic (exact) mass is 873 g/mol. The summed E-state index contributed by atoms with van der Waals surface area (Å²) in [5, 5.41) is 9.08. The van der Waals surface area contributed by atoms with Crippen molar-refractivity contribution < 1.29 is 15.1 Å². The van der Waals surface area contributed by atoms with E-state index < -0.39 is 0 Å². The summed E-state index contributed by atoms with van der Waals surface area (Å²) in [6.45, 7) is 0. The van der Waals surface area contributed by atoms with Crippen molar-refractivity contribution in [2.45, 2.75) is 0 Å². The number of hydrogen-bond donors (Lipinski definition) is 0. The maximum atomic E-state index is 7.27. The number of halogens is 2. The Morgan fingerprint density at radius 3 is 0.667 bits per heavy atom. The van der Waals surface area contributed by atoms with Gasteiger partial charge in [-0.15, -0.1) is 0 Å². The molecule has 263 valence electrons. The van der Waals surface area contributed by atoms with Crippen LogP contribution in [0.1, 0.15) is 0 Å². The summed E-state index contributed by atoms with van der Waals surface area (Å²) in [5.41, 5.74) is 37.0. The van der Waals surface area contributed by atoms with Crippen molar-refractivity contribution in [2.75, 3.05) is 0 Å². The quantitative estimate of drug-likeness (QED) is 0.162. The summed E-state index contributed by atoms with van der Waals surface area (Å²) in [4.78, 5) is 16.3. The molecular weight excluding hydrogens is 847 g/mol. The van der Waals surface area contributed by atoms with Crippen molar-refractivity contribution in [3.8, 4) is 45.0 Å². The van der Waals surface area contributed by atoms with Gasteiger partial charge in [-0.25, -0.2) is 0 Å². The molecule has 0 fully saturated rings. The fourth-order valence-corrected chi connectivity index (χ4v) is 6.31. The van der Waals surface area contributed by atoms with Crippen LogP contribution in [0.3, 0.4) is 0 Å². The number of nitrogens with one attached hydrogen (secondary N) is 4. The van der Waals surface area contributed by atoms with Crippen molar-refractivity contribution >= 4 is 85.3 Å². The molecule has 0 saturated carbocycles. The number of rotatable bonds is 4. The average molecular weight is 875 g/mol. The third-order valence-electron chi connectivity index (χ3n) is 6.29. The summed E-state index contributed by atoms with van der Waals surface area (Å²) in [6.07, 6.45) is 0. The molecule has 51 heavy (non-hydrogen) atoms. The third-order valence-corrected chi connectivity index (χ3v) is 8.92. The summed E-state index contributed by atoms with van der Waals surface area (Å²) in [5.74, 6) is 0. The Morgan fingerprint density at radius 2 is 0.529 bits per heavy atom. The number of thiazole rings is 4. The van der Waals surface area contributed by atoms with Crippen LogP contribution in [0, 0.1) is 0 Å². The van der Waals surface area contributed by atoms with Crippen molar-refractivity contribution in [1.82, 2.24) is 19.9 Å². The minimum absolute atomic E-state index is 0.226. The van der Waals surface area contributed by atoms with Crippen LogP contribution < -0.4 is 0 Å². The first-order valence-electron chi connectivity index (χ1n) is 14.6. The normalized spacial score (nSPS) is 9.84. The zero-order valence-electron chi connectivity index (χ0n) is 26.4. The molecule has 4 aromatic heterocycles. The Labute approximate surface area is 328 Å². The molecule has 0 aliphatic rings. The Bertz CT molecular complexity index is 1810. The fourth-order valence-electron chi connectivity index (χ4n) is 4.06. The number of hydrogen-bond acceptors (Lipinski definition) is 8. The molecule has 0 saturated heterocycles. The van der Waals surface area contributed by atoms with Gasteiger partial charge in [0.2, 0.25) is 0 Å². The van der Waals surface area contributed by atoms with Gasteiger partial charge in [-0.2, -0.15) is 45.3 Å². The second kappa shape index (κ2) is 21.9. The molecule has 8 rings (SSSR count). The van der Waals surface area contributed by atoms with Gasteiger partial charge in [0.25, 0.3) is 0 Å². The molecule has 0 spiro atoms. The van der Waals surface area contributed by atoms with E-state index in [0.717, 1.165) is 45.0 Å². The van der Waals surface area contributed by atoms with Crippen LogP contribution in [-0.2, 0) is 15.1 Å². The van der Waals surface area contributed by atoms with Crippen molar-refractivity contribution in [2.24, 2.45) is 0 Å². The van der Waals surface area contributed by atoms with E-state index in [0.29, 0.717) is 20.5 Å². The van der Waals surface area contributed by atoms with E-state index in [4.69, 9.17) is 42.3 Å². The molecular formula is C36H28Cl2N8RhS4-4. The molecule has 0 aliphatic carbocycles. The van der Waals surface area contributed by atoms with Crippen molar-refractivity contribution in [3.05, 3.63) is 166 Å². The third kappa shape index (κ3) is 13.8. The molecule has 0 aliphatic heterocycles. The molecule has 8 aromatic rings. The van der Waals surface area contributed by atoms with Gasteiger partial charge < -0.3 is 42.9 Å². The van der Waals surface area contributed by atoms with Crippen LogP contribution in [0.4, 0.5) is 20.5 Å². The number of aromatic nitrogens is 4. The second-order valence-corrected chi connectivity index (χ2v) is 15.6. The van der Waals surface area contributed by atoms with E-state index in [2.05, 4.69) is 19.9 Å². The van der Waals surface area contributed by atoms with Gasteiger partial charge >= 0.3 is 34.5 Å². The number of nitrogens with zero attached hydrogens (tertiary/aromatic N) is 4. The molecule has 0 bridgehead atoms. The Morgan fingerprint density at radius 1 is 0.353 bits per heavy atom. The minimum atomic E-state index is -0.226. The Kier molecular flexibility index (Phi) is 17.0. The first-order chi connectivity index (χ1) is 24.9. The van der Waals surface area contributed by atoms with E-state index in [1.54, 1.807) is 0 Å². The summed E-state index contributed by atoms with van der Waals surface area (Å²) < 4.78 is 0.